The highest BCUT2D eigenvalue weighted by Gasteiger charge is 2.24. The maximum atomic E-state index is 13.6. The standard InChI is InChI=1S/C25H27N3O2/c1-16-5-7-22-21(11-16)25(29)28(15-18-4-2-3-17(12-18)14-26)24(27-22)20-6-8-23-19(13-20)9-10-30-23/h5-11,13,17-18H,2-4,12,14-15,26H2,1H3. The molecule has 1 aliphatic carbocycles. The molecule has 1 aliphatic rings. The number of rotatable bonds is 4. The lowest BCUT2D eigenvalue weighted by Crippen LogP contribution is -2.30. The maximum Gasteiger partial charge on any atom is 0.261 e. The van der Waals surface area contributed by atoms with E-state index in [1.54, 1.807) is 6.26 Å². The fraction of sp³-hybridized carbons (Fsp3) is 0.360. The zero-order chi connectivity index (χ0) is 20.7. The summed E-state index contributed by atoms with van der Waals surface area (Å²) in [7, 11) is 0. The molecule has 2 unspecified atom stereocenters. The predicted octanol–water partition coefficient (Wildman–Crippen LogP) is 4.88. The molecule has 154 valence electrons. The molecular formula is C25H27N3O2. The molecule has 0 radical (unpaired) electrons. The average Bonchev–Trinajstić information content (AvgIpc) is 3.24. The van der Waals surface area contributed by atoms with Crippen LogP contribution < -0.4 is 11.3 Å². The number of benzene rings is 2. The average molecular weight is 402 g/mol. The Morgan fingerprint density at radius 2 is 2.00 bits per heavy atom. The highest BCUT2D eigenvalue weighted by Crippen LogP contribution is 2.31. The van der Waals surface area contributed by atoms with E-state index < -0.39 is 0 Å². The maximum absolute atomic E-state index is 13.6. The summed E-state index contributed by atoms with van der Waals surface area (Å²) in [4.78, 5) is 18.5. The van der Waals surface area contributed by atoms with Crippen LogP contribution in [0.3, 0.4) is 0 Å². The number of nitrogens with two attached hydrogens (primary N) is 1. The van der Waals surface area contributed by atoms with Gasteiger partial charge in [0.05, 0.1) is 17.2 Å². The second-order valence-corrected chi connectivity index (χ2v) is 8.68. The molecule has 5 rings (SSSR count). The Balaban J connectivity index is 1.66. The number of aromatic nitrogens is 2. The van der Waals surface area contributed by atoms with Crippen molar-refractivity contribution in [2.75, 3.05) is 6.54 Å². The van der Waals surface area contributed by atoms with E-state index in [0.717, 1.165) is 52.8 Å². The van der Waals surface area contributed by atoms with E-state index in [1.165, 1.54) is 12.8 Å². The Bertz CT molecular complexity index is 1270. The molecule has 4 aromatic rings. The molecule has 0 bridgehead atoms. The summed E-state index contributed by atoms with van der Waals surface area (Å²) in [6.45, 7) is 3.42. The van der Waals surface area contributed by atoms with Gasteiger partial charge >= 0.3 is 0 Å². The second-order valence-electron chi connectivity index (χ2n) is 8.68. The van der Waals surface area contributed by atoms with E-state index in [1.807, 2.05) is 47.9 Å². The van der Waals surface area contributed by atoms with E-state index in [4.69, 9.17) is 15.1 Å². The van der Waals surface area contributed by atoms with Gasteiger partial charge in [-0.2, -0.15) is 0 Å². The molecule has 2 aromatic heterocycles. The lowest BCUT2D eigenvalue weighted by molar-refractivity contribution is 0.246. The largest absolute Gasteiger partial charge is 0.464 e. The molecule has 0 amide bonds. The van der Waals surface area contributed by atoms with Gasteiger partial charge in [-0.1, -0.05) is 18.1 Å². The molecule has 2 atom stereocenters. The normalized spacial score (nSPS) is 19.5. The minimum Gasteiger partial charge on any atom is -0.464 e. The fourth-order valence-electron chi connectivity index (χ4n) is 4.87. The van der Waals surface area contributed by atoms with Gasteiger partial charge in [-0.15, -0.1) is 0 Å². The van der Waals surface area contributed by atoms with Crippen LogP contribution in [-0.2, 0) is 6.54 Å². The SMILES string of the molecule is Cc1ccc2nc(-c3ccc4occc4c3)n(CC3CCCC(CN)C3)c(=O)c2c1. The van der Waals surface area contributed by atoms with Crippen LogP contribution in [0.5, 0.6) is 0 Å². The van der Waals surface area contributed by atoms with Crippen LogP contribution in [0.1, 0.15) is 31.2 Å². The molecule has 5 nitrogen and oxygen atoms in total. The Morgan fingerprint density at radius 3 is 2.87 bits per heavy atom. The molecular weight excluding hydrogens is 374 g/mol. The number of furan rings is 1. The predicted molar refractivity (Wildman–Crippen MR) is 120 cm³/mol. The van der Waals surface area contributed by atoms with Crippen molar-refractivity contribution in [2.24, 2.45) is 17.6 Å². The molecule has 2 heterocycles. The van der Waals surface area contributed by atoms with Crippen LogP contribution >= 0.6 is 0 Å². The Hall–Kier alpha value is -2.92. The molecule has 0 spiro atoms. The lowest BCUT2D eigenvalue weighted by atomic mass is 9.81. The monoisotopic (exact) mass is 401 g/mol. The quantitative estimate of drug-likeness (QED) is 0.529. The molecule has 5 heteroatoms. The first-order chi connectivity index (χ1) is 14.6. The van der Waals surface area contributed by atoms with E-state index in [0.29, 0.717) is 23.8 Å². The van der Waals surface area contributed by atoms with Crippen molar-refractivity contribution < 1.29 is 4.42 Å². The number of hydrogen-bond acceptors (Lipinski definition) is 4. The van der Waals surface area contributed by atoms with Crippen molar-refractivity contribution in [3.63, 3.8) is 0 Å². The Labute approximate surface area is 175 Å². The van der Waals surface area contributed by atoms with Crippen molar-refractivity contribution in [2.45, 2.75) is 39.2 Å². The fourth-order valence-corrected chi connectivity index (χ4v) is 4.87. The summed E-state index contributed by atoms with van der Waals surface area (Å²) < 4.78 is 7.39. The van der Waals surface area contributed by atoms with Crippen molar-refractivity contribution in [1.82, 2.24) is 9.55 Å². The Kier molecular flexibility index (Phi) is 4.91. The topological polar surface area (TPSA) is 74.1 Å². The first kappa shape index (κ1) is 19.1. The van der Waals surface area contributed by atoms with Crippen molar-refractivity contribution in [1.29, 1.82) is 0 Å². The van der Waals surface area contributed by atoms with Crippen LogP contribution in [0, 0.1) is 18.8 Å². The molecule has 1 fully saturated rings. The van der Waals surface area contributed by atoms with Crippen molar-refractivity contribution in [3.05, 3.63) is 64.6 Å². The molecule has 0 aliphatic heterocycles. The lowest BCUT2D eigenvalue weighted by Gasteiger charge is -2.29. The third-order valence-corrected chi connectivity index (χ3v) is 6.49. The Morgan fingerprint density at radius 1 is 1.13 bits per heavy atom. The van der Waals surface area contributed by atoms with Gasteiger partial charge in [0.1, 0.15) is 11.4 Å². The van der Waals surface area contributed by atoms with Gasteiger partial charge in [0.2, 0.25) is 0 Å². The molecule has 0 saturated heterocycles. The summed E-state index contributed by atoms with van der Waals surface area (Å²) in [5.74, 6) is 1.74. The molecule has 2 aromatic carbocycles. The summed E-state index contributed by atoms with van der Waals surface area (Å²) in [5.41, 5.74) is 9.58. The minimum atomic E-state index is 0.0425. The zero-order valence-electron chi connectivity index (χ0n) is 17.3. The van der Waals surface area contributed by atoms with Gasteiger partial charge in [-0.3, -0.25) is 9.36 Å². The second kappa shape index (κ2) is 7.73. The zero-order valence-corrected chi connectivity index (χ0v) is 17.3. The van der Waals surface area contributed by atoms with E-state index >= 15 is 0 Å². The summed E-state index contributed by atoms with van der Waals surface area (Å²) >= 11 is 0. The van der Waals surface area contributed by atoms with Gasteiger partial charge < -0.3 is 10.2 Å². The van der Waals surface area contributed by atoms with Gasteiger partial charge in [0.25, 0.3) is 5.56 Å². The van der Waals surface area contributed by atoms with Crippen LogP contribution in [0.15, 0.2) is 57.9 Å². The third-order valence-electron chi connectivity index (χ3n) is 6.49. The smallest absolute Gasteiger partial charge is 0.261 e. The van der Waals surface area contributed by atoms with E-state index in [9.17, 15) is 4.79 Å². The van der Waals surface area contributed by atoms with Crippen molar-refractivity contribution >= 4 is 21.9 Å². The van der Waals surface area contributed by atoms with Crippen LogP contribution in [-0.4, -0.2) is 16.1 Å². The summed E-state index contributed by atoms with van der Waals surface area (Å²) in [6.07, 6.45) is 6.27. The van der Waals surface area contributed by atoms with Gasteiger partial charge in [0, 0.05) is 17.5 Å². The van der Waals surface area contributed by atoms with E-state index in [2.05, 4.69) is 6.07 Å². The molecule has 2 N–H and O–H groups in total. The minimum absolute atomic E-state index is 0.0425. The number of aryl methyl sites for hydroxylation is 1. The number of fused-ring (bicyclic) bond motifs is 2. The highest BCUT2D eigenvalue weighted by molar-refractivity contribution is 5.84. The summed E-state index contributed by atoms with van der Waals surface area (Å²) in [5, 5.41) is 1.70. The van der Waals surface area contributed by atoms with Crippen LogP contribution in [0.4, 0.5) is 0 Å². The first-order valence-electron chi connectivity index (χ1n) is 10.8. The number of nitrogens with zero attached hydrogens (tertiary/aromatic N) is 2. The van der Waals surface area contributed by atoms with Crippen LogP contribution in [0.2, 0.25) is 0 Å². The van der Waals surface area contributed by atoms with E-state index in [-0.39, 0.29) is 5.56 Å². The van der Waals surface area contributed by atoms with Gasteiger partial charge in [0.15, 0.2) is 0 Å². The van der Waals surface area contributed by atoms with Crippen molar-refractivity contribution in [3.8, 4) is 11.4 Å². The summed E-state index contributed by atoms with van der Waals surface area (Å²) in [6, 6.07) is 13.9. The van der Waals surface area contributed by atoms with Gasteiger partial charge in [-0.05, 0) is 81.0 Å². The van der Waals surface area contributed by atoms with Crippen LogP contribution in [0.25, 0.3) is 33.3 Å². The highest BCUT2D eigenvalue weighted by atomic mass is 16.3. The number of hydrogen-bond donors (Lipinski definition) is 1. The third kappa shape index (κ3) is 3.43. The molecule has 1 saturated carbocycles. The first-order valence-corrected chi connectivity index (χ1v) is 10.8. The molecule has 30 heavy (non-hydrogen) atoms. The van der Waals surface area contributed by atoms with Gasteiger partial charge in [-0.25, -0.2) is 4.98 Å².